The second-order valence-corrected chi connectivity index (χ2v) is 4.23. The van der Waals surface area contributed by atoms with Gasteiger partial charge in [-0.3, -0.25) is 0 Å². The molecular formula is C12H10F3N3O3. The van der Waals surface area contributed by atoms with E-state index < -0.39 is 11.7 Å². The highest BCUT2D eigenvalue weighted by Gasteiger charge is 2.38. The highest BCUT2D eigenvalue weighted by Crippen LogP contribution is 2.47. The fourth-order valence-electron chi connectivity index (χ4n) is 1.98. The number of alkyl halides is 3. The number of halogens is 3. The smallest absolute Gasteiger partial charge is 0.420 e. The summed E-state index contributed by atoms with van der Waals surface area (Å²) in [5, 5.41) is 3.67. The first-order chi connectivity index (χ1) is 10.0. The van der Waals surface area contributed by atoms with Gasteiger partial charge in [-0.05, 0) is 12.1 Å². The minimum atomic E-state index is -4.54. The molecule has 0 amide bonds. The molecule has 0 saturated carbocycles. The summed E-state index contributed by atoms with van der Waals surface area (Å²) in [6, 6.07) is 2.13. The van der Waals surface area contributed by atoms with Crippen molar-refractivity contribution in [3.05, 3.63) is 23.6 Å². The number of aromatic nitrogens is 2. The Kier molecular flexibility index (Phi) is 3.20. The van der Waals surface area contributed by atoms with E-state index in [1.807, 2.05) is 0 Å². The summed E-state index contributed by atoms with van der Waals surface area (Å²) in [7, 11) is 0. The zero-order valence-electron chi connectivity index (χ0n) is 10.6. The van der Waals surface area contributed by atoms with E-state index in [0.29, 0.717) is 0 Å². The number of hydrogen-bond acceptors (Lipinski definition) is 6. The molecule has 6 nitrogen and oxygen atoms in total. The third kappa shape index (κ3) is 2.40. The first kappa shape index (κ1) is 13.7. The molecule has 0 spiro atoms. The molecule has 0 bridgehead atoms. The minimum absolute atomic E-state index is 0.0349. The van der Waals surface area contributed by atoms with Crippen molar-refractivity contribution >= 4 is 0 Å². The van der Waals surface area contributed by atoms with Gasteiger partial charge in [0.15, 0.2) is 11.5 Å². The maximum atomic E-state index is 13.0. The van der Waals surface area contributed by atoms with Crippen LogP contribution in [0.1, 0.15) is 11.5 Å². The molecule has 2 N–H and O–H groups in total. The van der Waals surface area contributed by atoms with Crippen LogP contribution in [-0.2, 0) is 12.7 Å². The molecule has 1 aromatic carbocycles. The van der Waals surface area contributed by atoms with E-state index >= 15 is 0 Å². The lowest BCUT2D eigenvalue weighted by atomic mass is 10.1. The van der Waals surface area contributed by atoms with Crippen molar-refractivity contribution in [2.45, 2.75) is 12.7 Å². The van der Waals surface area contributed by atoms with Crippen molar-refractivity contribution in [2.24, 2.45) is 5.73 Å². The Morgan fingerprint density at radius 2 is 1.86 bits per heavy atom. The Hall–Kier alpha value is -2.29. The summed E-state index contributed by atoms with van der Waals surface area (Å²) < 4.78 is 54.2. The Balaban J connectivity index is 2.14. The third-order valence-electron chi connectivity index (χ3n) is 2.88. The van der Waals surface area contributed by atoms with Gasteiger partial charge < -0.3 is 19.7 Å². The van der Waals surface area contributed by atoms with Gasteiger partial charge in [-0.25, -0.2) is 0 Å². The molecule has 9 heteroatoms. The van der Waals surface area contributed by atoms with Crippen molar-refractivity contribution < 1.29 is 27.2 Å². The van der Waals surface area contributed by atoms with Crippen LogP contribution in [0.15, 0.2) is 16.7 Å². The largest absolute Gasteiger partial charge is 0.485 e. The number of benzene rings is 1. The quantitative estimate of drug-likeness (QED) is 0.913. The number of nitrogens with zero attached hydrogens (tertiary/aromatic N) is 2. The standard InChI is InChI=1S/C12H10F3N3O3/c13-12(14,15)7-2-1-6(9-10(7)20-4-3-19-9)11-17-8(5-16)21-18-11/h1-2H,3-5,16H2. The Morgan fingerprint density at radius 3 is 2.48 bits per heavy atom. The van der Waals surface area contributed by atoms with Gasteiger partial charge in [0.05, 0.1) is 12.1 Å². The number of hydrogen-bond donors (Lipinski definition) is 1. The molecule has 0 saturated heterocycles. The second-order valence-electron chi connectivity index (χ2n) is 4.23. The topological polar surface area (TPSA) is 83.4 Å². The van der Waals surface area contributed by atoms with Gasteiger partial charge in [0, 0.05) is 0 Å². The highest BCUT2D eigenvalue weighted by atomic mass is 19.4. The van der Waals surface area contributed by atoms with Gasteiger partial charge in [-0.2, -0.15) is 18.2 Å². The molecular weight excluding hydrogens is 291 g/mol. The molecule has 0 fully saturated rings. The first-order valence-electron chi connectivity index (χ1n) is 6.03. The molecule has 1 aliphatic rings. The van der Waals surface area contributed by atoms with Gasteiger partial charge in [0.2, 0.25) is 11.7 Å². The summed E-state index contributed by atoms with van der Waals surface area (Å²) in [4.78, 5) is 3.98. The van der Waals surface area contributed by atoms with Crippen LogP contribution in [0.3, 0.4) is 0 Å². The average molecular weight is 301 g/mol. The summed E-state index contributed by atoms with van der Waals surface area (Å²) in [5.74, 6) is -0.118. The van der Waals surface area contributed by atoms with Gasteiger partial charge in [0.25, 0.3) is 0 Å². The first-order valence-corrected chi connectivity index (χ1v) is 6.03. The number of nitrogens with two attached hydrogens (primary N) is 1. The number of fused-ring (bicyclic) bond motifs is 1. The van der Waals surface area contributed by atoms with Crippen molar-refractivity contribution in [1.29, 1.82) is 0 Å². The van der Waals surface area contributed by atoms with Crippen molar-refractivity contribution in [3.63, 3.8) is 0 Å². The lowest BCUT2D eigenvalue weighted by molar-refractivity contribution is -0.139. The van der Waals surface area contributed by atoms with Crippen LogP contribution >= 0.6 is 0 Å². The van der Waals surface area contributed by atoms with Crippen LogP contribution in [-0.4, -0.2) is 23.4 Å². The van der Waals surface area contributed by atoms with E-state index in [-0.39, 0.29) is 48.5 Å². The van der Waals surface area contributed by atoms with Crippen LogP contribution < -0.4 is 15.2 Å². The van der Waals surface area contributed by atoms with Crippen molar-refractivity contribution in [1.82, 2.24) is 10.1 Å². The lowest BCUT2D eigenvalue weighted by Gasteiger charge is -2.23. The third-order valence-corrected chi connectivity index (χ3v) is 2.88. The number of rotatable bonds is 2. The van der Waals surface area contributed by atoms with Gasteiger partial charge in [-0.1, -0.05) is 5.16 Å². The molecule has 3 rings (SSSR count). The van der Waals surface area contributed by atoms with Crippen LogP contribution in [0.25, 0.3) is 11.4 Å². The Bertz CT molecular complexity index is 669. The average Bonchev–Trinajstić information content (AvgIpc) is 2.93. The van der Waals surface area contributed by atoms with E-state index in [2.05, 4.69) is 10.1 Å². The van der Waals surface area contributed by atoms with Crippen LogP contribution in [0, 0.1) is 0 Å². The molecule has 1 aromatic heterocycles. The highest BCUT2D eigenvalue weighted by molar-refractivity contribution is 5.71. The van der Waals surface area contributed by atoms with E-state index in [0.717, 1.165) is 6.07 Å². The zero-order chi connectivity index (χ0) is 15.0. The molecule has 2 heterocycles. The summed E-state index contributed by atoms with van der Waals surface area (Å²) in [5.41, 5.74) is 4.72. The van der Waals surface area contributed by atoms with Crippen molar-refractivity contribution in [3.8, 4) is 22.9 Å². The van der Waals surface area contributed by atoms with E-state index in [9.17, 15) is 13.2 Å². The molecule has 112 valence electrons. The predicted octanol–water partition coefficient (Wildman–Crippen LogP) is 1.99. The molecule has 21 heavy (non-hydrogen) atoms. The molecule has 0 aliphatic carbocycles. The summed E-state index contributed by atoms with van der Waals surface area (Å²) in [6.45, 7) is 0.218. The van der Waals surface area contributed by atoms with Crippen LogP contribution in [0.4, 0.5) is 13.2 Å². The van der Waals surface area contributed by atoms with Gasteiger partial charge in [0.1, 0.15) is 18.8 Å². The Morgan fingerprint density at radius 1 is 1.14 bits per heavy atom. The second kappa shape index (κ2) is 4.92. The molecule has 0 unspecified atom stereocenters. The Labute approximate surface area is 116 Å². The molecule has 0 atom stereocenters. The lowest BCUT2D eigenvalue weighted by Crippen LogP contribution is -2.20. The fourth-order valence-corrected chi connectivity index (χ4v) is 1.98. The monoisotopic (exact) mass is 301 g/mol. The number of ether oxygens (including phenoxy) is 2. The minimum Gasteiger partial charge on any atom is -0.485 e. The SMILES string of the molecule is NCc1nc(-c2ccc(C(F)(F)F)c3c2OCCO3)no1. The van der Waals surface area contributed by atoms with Crippen LogP contribution in [0.5, 0.6) is 11.5 Å². The molecule has 1 aliphatic heterocycles. The van der Waals surface area contributed by atoms with Gasteiger partial charge in [-0.15, -0.1) is 0 Å². The van der Waals surface area contributed by atoms with E-state index in [4.69, 9.17) is 19.7 Å². The maximum Gasteiger partial charge on any atom is 0.420 e. The summed E-state index contributed by atoms with van der Waals surface area (Å²) >= 11 is 0. The summed E-state index contributed by atoms with van der Waals surface area (Å²) in [6.07, 6.45) is -4.54. The predicted molar refractivity (Wildman–Crippen MR) is 63.6 cm³/mol. The molecule has 2 aromatic rings. The van der Waals surface area contributed by atoms with Gasteiger partial charge >= 0.3 is 6.18 Å². The fraction of sp³-hybridized carbons (Fsp3) is 0.333. The molecule has 0 radical (unpaired) electrons. The van der Waals surface area contributed by atoms with E-state index in [1.165, 1.54) is 6.07 Å². The maximum absolute atomic E-state index is 13.0. The van der Waals surface area contributed by atoms with Crippen LogP contribution in [0.2, 0.25) is 0 Å². The normalized spacial score (nSPS) is 14.3. The zero-order valence-corrected chi connectivity index (χ0v) is 10.6. The van der Waals surface area contributed by atoms with E-state index in [1.54, 1.807) is 0 Å². The van der Waals surface area contributed by atoms with Crippen molar-refractivity contribution in [2.75, 3.05) is 13.2 Å².